The molecule has 3 rings (SSSR count). The second kappa shape index (κ2) is 9.72. The van der Waals surface area contributed by atoms with Crippen molar-refractivity contribution in [2.75, 3.05) is 6.54 Å². The summed E-state index contributed by atoms with van der Waals surface area (Å²) in [7, 11) is 0. The number of hydrogen-bond donors (Lipinski definition) is 0. The topological polar surface area (TPSA) is 46.6 Å². The van der Waals surface area contributed by atoms with Crippen LogP contribution in [0.1, 0.15) is 31.7 Å². The molecule has 1 aliphatic heterocycles. The van der Waals surface area contributed by atoms with Crippen molar-refractivity contribution < 1.29 is 14.3 Å². The first-order valence-corrected chi connectivity index (χ1v) is 11.2. The summed E-state index contributed by atoms with van der Waals surface area (Å²) in [5.74, 6) is 0.282. The number of carbonyl (C=O) groups is 2. The normalized spacial score (nSPS) is 19.7. The molecule has 5 heteroatoms. The summed E-state index contributed by atoms with van der Waals surface area (Å²) in [5.41, 5.74) is 0.969. The molecule has 1 amide bonds. The van der Waals surface area contributed by atoms with E-state index in [0.29, 0.717) is 13.0 Å². The fourth-order valence-corrected chi connectivity index (χ4v) is 5.61. The van der Waals surface area contributed by atoms with E-state index < -0.39 is 0 Å². The number of piperidine rings is 1. The molecule has 1 aliphatic rings. The number of benzene rings is 2. The number of likely N-dealkylation sites (tertiary alicyclic amines) is 1. The van der Waals surface area contributed by atoms with Crippen LogP contribution in [0.3, 0.4) is 0 Å². The summed E-state index contributed by atoms with van der Waals surface area (Å²) in [5, 5.41) is 0. The molecule has 0 saturated carbocycles. The Morgan fingerprint density at radius 1 is 1.11 bits per heavy atom. The minimum atomic E-state index is -0.307. The zero-order valence-electron chi connectivity index (χ0n) is 15.5. The number of Topliss-reactive ketones (excluding diaryl/α,β-unsaturated/α-hetero) is 1. The summed E-state index contributed by atoms with van der Waals surface area (Å²) < 4.78 is 6.75. The van der Waals surface area contributed by atoms with Crippen molar-refractivity contribution in [1.82, 2.24) is 4.90 Å². The van der Waals surface area contributed by atoms with E-state index in [9.17, 15) is 9.59 Å². The van der Waals surface area contributed by atoms with E-state index in [2.05, 4.69) is 19.1 Å². The zero-order valence-corrected chi connectivity index (χ0v) is 17.3. The third kappa shape index (κ3) is 5.44. The van der Waals surface area contributed by atoms with Gasteiger partial charge in [0.1, 0.15) is 0 Å². The van der Waals surface area contributed by atoms with Gasteiger partial charge in [-0.2, -0.15) is 0 Å². The first-order chi connectivity index (χ1) is 13.2. The van der Waals surface area contributed by atoms with Gasteiger partial charge in [0, 0.05) is 0 Å². The van der Waals surface area contributed by atoms with Gasteiger partial charge in [-0.25, -0.2) is 0 Å². The van der Waals surface area contributed by atoms with Gasteiger partial charge in [-0.15, -0.1) is 0 Å². The molecule has 1 saturated heterocycles. The van der Waals surface area contributed by atoms with Crippen LogP contribution in [-0.4, -0.2) is 44.3 Å². The second-order valence-electron chi connectivity index (χ2n) is 6.73. The van der Waals surface area contributed by atoms with Gasteiger partial charge in [0.15, 0.2) is 0 Å². The molecule has 142 valence electrons. The van der Waals surface area contributed by atoms with E-state index >= 15 is 0 Å². The predicted molar refractivity (Wildman–Crippen MR) is 107 cm³/mol. The molecule has 0 bridgehead atoms. The van der Waals surface area contributed by atoms with Crippen LogP contribution in [0.2, 0.25) is 4.82 Å². The molecule has 4 nitrogen and oxygen atoms in total. The third-order valence-corrected chi connectivity index (χ3v) is 7.29. The Balaban J connectivity index is 1.67. The Morgan fingerprint density at radius 3 is 2.44 bits per heavy atom. The minimum absolute atomic E-state index is 0.0213. The molecule has 2 aromatic carbocycles. The van der Waals surface area contributed by atoms with Crippen molar-refractivity contribution in [2.45, 2.75) is 43.7 Å². The molecule has 27 heavy (non-hydrogen) atoms. The average molecular weight is 430 g/mol. The van der Waals surface area contributed by atoms with Crippen LogP contribution in [0.4, 0.5) is 4.79 Å². The van der Waals surface area contributed by atoms with E-state index in [1.165, 1.54) is 4.46 Å². The van der Waals surface area contributed by atoms with E-state index in [4.69, 9.17) is 4.74 Å². The van der Waals surface area contributed by atoms with E-state index in [1.54, 1.807) is 4.90 Å². The van der Waals surface area contributed by atoms with Gasteiger partial charge >= 0.3 is 167 Å². The Morgan fingerprint density at radius 2 is 1.78 bits per heavy atom. The standard InChI is InChI=1S/C22H25NO3Se/c1-2-9-18-14-20(24)21(27-19-12-7-4-8-13-19)15-23(18)22(25)26-16-17-10-5-3-6-11-17/h3-8,10-13,18,21H,2,9,14-16H2,1H3/t18-,21?/m0/s1. The number of carbonyl (C=O) groups excluding carboxylic acids is 2. The molecule has 1 unspecified atom stereocenters. The van der Waals surface area contributed by atoms with Crippen LogP contribution in [0.15, 0.2) is 60.7 Å². The van der Waals surface area contributed by atoms with E-state index in [-0.39, 0.29) is 44.3 Å². The molecule has 2 aromatic rings. The maximum atomic E-state index is 12.8. The fraction of sp³-hybridized carbons (Fsp3) is 0.364. The molecule has 0 aromatic heterocycles. The van der Waals surface area contributed by atoms with Crippen LogP contribution in [0.5, 0.6) is 0 Å². The van der Waals surface area contributed by atoms with Crippen molar-refractivity contribution in [1.29, 1.82) is 0 Å². The summed E-state index contributed by atoms with van der Waals surface area (Å²) in [6.07, 6.45) is 1.90. The monoisotopic (exact) mass is 431 g/mol. The van der Waals surface area contributed by atoms with E-state index in [0.717, 1.165) is 18.4 Å². The van der Waals surface area contributed by atoms with Gasteiger partial charge in [0.25, 0.3) is 0 Å². The van der Waals surface area contributed by atoms with Gasteiger partial charge in [-0.05, 0) is 0 Å². The number of ether oxygens (including phenoxy) is 1. The SMILES string of the molecule is CCC[C@H]1CC(=O)C([Se]c2ccccc2)CN1C(=O)OCc1ccccc1. The van der Waals surface area contributed by atoms with Crippen LogP contribution in [0, 0.1) is 0 Å². The maximum absolute atomic E-state index is 12.8. The number of rotatable bonds is 6. The van der Waals surface area contributed by atoms with Gasteiger partial charge in [-0.3, -0.25) is 0 Å². The summed E-state index contributed by atoms with van der Waals surface area (Å²) in [6.45, 7) is 2.81. The molecular weight excluding hydrogens is 405 g/mol. The van der Waals surface area contributed by atoms with Crippen LogP contribution in [-0.2, 0) is 16.1 Å². The number of ketones is 1. The molecule has 0 spiro atoms. The molecule has 0 N–H and O–H groups in total. The van der Waals surface area contributed by atoms with Crippen LogP contribution in [0.25, 0.3) is 0 Å². The van der Waals surface area contributed by atoms with E-state index in [1.807, 2.05) is 48.5 Å². The molecule has 0 aliphatic carbocycles. The Bertz CT molecular complexity index is 751. The quantitative estimate of drug-likeness (QED) is 0.659. The molecule has 1 fully saturated rings. The zero-order chi connectivity index (χ0) is 19.1. The van der Waals surface area contributed by atoms with Crippen LogP contribution >= 0.6 is 0 Å². The van der Waals surface area contributed by atoms with Gasteiger partial charge in [0.05, 0.1) is 0 Å². The molecular formula is C22H25NO3Se. The van der Waals surface area contributed by atoms with Gasteiger partial charge < -0.3 is 0 Å². The Hall–Kier alpha value is -2.10. The molecule has 2 atom stereocenters. The summed E-state index contributed by atoms with van der Waals surface area (Å²) in [6, 6.07) is 19.7. The van der Waals surface area contributed by atoms with Crippen molar-refractivity contribution in [3.63, 3.8) is 0 Å². The van der Waals surface area contributed by atoms with Crippen molar-refractivity contribution in [3.8, 4) is 0 Å². The fourth-order valence-electron chi connectivity index (χ4n) is 3.29. The van der Waals surface area contributed by atoms with Gasteiger partial charge in [-0.1, -0.05) is 0 Å². The molecule has 1 heterocycles. The molecule has 0 radical (unpaired) electrons. The van der Waals surface area contributed by atoms with Crippen molar-refractivity contribution in [3.05, 3.63) is 66.2 Å². The van der Waals surface area contributed by atoms with Gasteiger partial charge in [0.2, 0.25) is 0 Å². The van der Waals surface area contributed by atoms with Crippen molar-refractivity contribution in [2.24, 2.45) is 0 Å². The Labute approximate surface area is 167 Å². The average Bonchev–Trinajstić information content (AvgIpc) is 2.70. The first-order valence-electron chi connectivity index (χ1n) is 9.39. The van der Waals surface area contributed by atoms with Crippen molar-refractivity contribution >= 4 is 31.3 Å². The predicted octanol–water partition coefficient (Wildman–Crippen LogP) is 3.58. The van der Waals surface area contributed by atoms with Crippen LogP contribution < -0.4 is 4.46 Å². The first kappa shape index (κ1) is 19.7. The summed E-state index contributed by atoms with van der Waals surface area (Å²) in [4.78, 5) is 27.1. The number of amides is 1. The number of hydrogen-bond acceptors (Lipinski definition) is 3. The summed E-state index contributed by atoms with van der Waals surface area (Å²) >= 11 is 0.0213. The number of nitrogens with zero attached hydrogens (tertiary/aromatic N) is 1. The Kier molecular flexibility index (Phi) is 7.08. The third-order valence-electron chi connectivity index (χ3n) is 4.68. The second-order valence-corrected chi connectivity index (χ2v) is 9.40.